The van der Waals surface area contributed by atoms with Crippen molar-refractivity contribution in [1.82, 2.24) is 20.9 Å². The summed E-state index contributed by atoms with van der Waals surface area (Å²) < 4.78 is 0. The molecule has 4 aromatic carbocycles. The fraction of sp³-hybridized carbons (Fsp3) is 0.333. The Balaban J connectivity index is 1.31. The van der Waals surface area contributed by atoms with Crippen LogP contribution in [0.4, 0.5) is 0 Å². The van der Waals surface area contributed by atoms with Gasteiger partial charge in [-0.05, 0) is 51.9 Å². The van der Waals surface area contributed by atoms with Crippen molar-refractivity contribution in [3.05, 3.63) is 96.1 Å². The molecule has 0 saturated carbocycles. The van der Waals surface area contributed by atoms with Crippen molar-refractivity contribution in [3.8, 4) is 0 Å². The van der Waals surface area contributed by atoms with E-state index in [9.17, 15) is 14.4 Å². The standard InChI is InChI=1S/C36H43N7O3/c1-39-34(45)32(21-24-15-16-25-8-2-3-10-27(25)20-24)43-19-17-29(42-31(35(43)46)14-7-18-40-36(37)38)23-41-33(44)22-28-12-6-11-26-9-4-5-13-30(26)28/h2-6,8-13,15-16,20,29,31-32,42H,7,14,17-19,21-23H2,1H3,(H,39,45)(H,41,44)(H4,37,38,40)/t29-,31+,32+/m1/s1. The Bertz CT molecular complexity index is 1710. The highest BCUT2D eigenvalue weighted by Gasteiger charge is 2.37. The molecule has 3 amide bonds. The second-order valence-electron chi connectivity index (χ2n) is 11.8. The van der Waals surface area contributed by atoms with Crippen molar-refractivity contribution in [2.24, 2.45) is 16.5 Å². The summed E-state index contributed by atoms with van der Waals surface area (Å²) in [6, 6.07) is 26.8. The molecule has 0 bridgehead atoms. The molecule has 5 rings (SSSR count). The summed E-state index contributed by atoms with van der Waals surface area (Å²) in [5.41, 5.74) is 13.0. The highest BCUT2D eigenvalue weighted by atomic mass is 16.2. The van der Waals surface area contributed by atoms with E-state index < -0.39 is 12.1 Å². The van der Waals surface area contributed by atoms with Gasteiger partial charge in [0.2, 0.25) is 17.7 Å². The molecule has 4 aromatic rings. The number of amides is 3. The third-order valence-corrected chi connectivity index (χ3v) is 8.63. The summed E-state index contributed by atoms with van der Waals surface area (Å²) in [6.07, 6.45) is 2.25. The van der Waals surface area contributed by atoms with Crippen LogP contribution in [-0.2, 0) is 27.2 Å². The summed E-state index contributed by atoms with van der Waals surface area (Å²) in [4.78, 5) is 46.3. The molecule has 1 fully saturated rings. The highest BCUT2D eigenvalue weighted by molar-refractivity contribution is 5.91. The Kier molecular flexibility index (Phi) is 10.8. The van der Waals surface area contributed by atoms with Crippen LogP contribution in [0, 0.1) is 0 Å². The summed E-state index contributed by atoms with van der Waals surface area (Å²) >= 11 is 0. The average Bonchev–Trinajstić information content (AvgIpc) is 3.22. The lowest BCUT2D eigenvalue weighted by molar-refractivity contribution is -0.141. The highest BCUT2D eigenvalue weighted by Crippen LogP contribution is 2.22. The third-order valence-electron chi connectivity index (χ3n) is 8.63. The molecule has 0 aliphatic carbocycles. The minimum Gasteiger partial charge on any atom is -0.370 e. The number of aliphatic imine (C=N–C) groups is 1. The van der Waals surface area contributed by atoms with E-state index in [0.29, 0.717) is 45.3 Å². The molecule has 240 valence electrons. The monoisotopic (exact) mass is 621 g/mol. The molecule has 1 aliphatic rings. The lowest BCUT2D eigenvalue weighted by atomic mass is 9.99. The number of carbonyl (C=O) groups is 3. The molecule has 1 heterocycles. The molecule has 10 heteroatoms. The Morgan fingerprint density at radius 1 is 0.978 bits per heavy atom. The number of nitrogens with two attached hydrogens (primary N) is 2. The van der Waals surface area contributed by atoms with E-state index in [-0.39, 0.29) is 36.1 Å². The van der Waals surface area contributed by atoms with Crippen LogP contribution in [0.15, 0.2) is 89.9 Å². The Hall–Kier alpha value is -4.96. The van der Waals surface area contributed by atoms with Gasteiger partial charge in [-0.25, -0.2) is 0 Å². The number of hydrogen-bond acceptors (Lipinski definition) is 5. The van der Waals surface area contributed by atoms with Crippen LogP contribution in [0.5, 0.6) is 0 Å². The van der Waals surface area contributed by atoms with E-state index in [2.05, 4.69) is 27.0 Å². The molecule has 0 radical (unpaired) electrons. The van der Waals surface area contributed by atoms with Crippen molar-refractivity contribution < 1.29 is 14.4 Å². The summed E-state index contributed by atoms with van der Waals surface area (Å²) in [6.45, 7) is 1.10. The van der Waals surface area contributed by atoms with Crippen molar-refractivity contribution >= 4 is 45.2 Å². The van der Waals surface area contributed by atoms with Gasteiger partial charge in [-0.2, -0.15) is 0 Å². The van der Waals surface area contributed by atoms with Gasteiger partial charge in [-0.1, -0.05) is 84.9 Å². The largest absolute Gasteiger partial charge is 0.370 e. The van der Waals surface area contributed by atoms with Gasteiger partial charge in [0.25, 0.3) is 0 Å². The lowest BCUT2D eigenvalue weighted by Gasteiger charge is -2.31. The van der Waals surface area contributed by atoms with E-state index in [4.69, 9.17) is 11.5 Å². The Labute approximate surface area is 269 Å². The predicted octanol–water partition coefficient (Wildman–Crippen LogP) is 2.62. The number of rotatable bonds is 12. The molecule has 3 atom stereocenters. The second-order valence-corrected chi connectivity index (χ2v) is 11.8. The van der Waals surface area contributed by atoms with Crippen LogP contribution in [0.2, 0.25) is 0 Å². The molecule has 0 aromatic heterocycles. The van der Waals surface area contributed by atoms with Gasteiger partial charge in [0.1, 0.15) is 6.04 Å². The number of nitrogens with zero attached hydrogens (tertiary/aromatic N) is 2. The van der Waals surface area contributed by atoms with Crippen LogP contribution >= 0.6 is 0 Å². The van der Waals surface area contributed by atoms with Gasteiger partial charge in [-0.3, -0.25) is 19.4 Å². The zero-order chi connectivity index (χ0) is 32.5. The number of benzene rings is 4. The second kappa shape index (κ2) is 15.4. The number of nitrogens with one attached hydrogen (secondary N) is 3. The quantitative estimate of drug-likeness (QED) is 0.0931. The molecule has 10 nitrogen and oxygen atoms in total. The van der Waals surface area contributed by atoms with Gasteiger partial charge in [0.15, 0.2) is 5.96 Å². The SMILES string of the molecule is CNC(=O)[C@H](Cc1ccc2ccccc2c1)N1CC[C@H](CNC(=O)Cc2cccc3ccccc23)N[C@@H](CCCN=C(N)N)C1=O. The topological polar surface area (TPSA) is 155 Å². The first-order valence-corrected chi connectivity index (χ1v) is 15.9. The van der Waals surface area contributed by atoms with Gasteiger partial charge in [0.05, 0.1) is 12.5 Å². The molecule has 7 N–H and O–H groups in total. The first kappa shape index (κ1) is 32.4. The normalized spacial score (nSPS) is 17.3. The fourth-order valence-electron chi connectivity index (χ4n) is 6.24. The third kappa shape index (κ3) is 8.19. The van der Waals surface area contributed by atoms with E-state index in [1.165, 1.54) is 0 Å². The van der Waals surface area contributed by atoms with Crippen LogP contribution < -0.4 is 27.4 Å². The van der Waals surface area contributed by atoms with Crippen molar-refractivity contribution in [3.63, 3.8) is 0 Å². The minimum absolute atomic E-state index is 0.00336. The number of guanidine groups is 1. The summed E-state index contributed by atoms with van der Waals surface area (Å²) in [5.74, 6) is -0.454. The van der Waals surface area contributed by atoms with E-state index in [1.807, 2.05) is 78.9 Å². The Morgan fingerprint density at radius 3 is 2.50 bits per heavy atom. The van der Waals surface area contributed by atoms with Crippen molar-refractivity contribution in [2.45, 2.75) is 50.2 Å². The van der Waals surface area contributed by atoms with Gasteiger partial charge < -0.3 is 32.3 Å². The van der Waals surface area contributed by atoms with Crippen LogP contribution in [-0.4, -0.2) is 73.4 Å². The zero-order valence-electron chi connectivity index (χ0n) is 26.2. The fourth-order valence-corrected chi connectivity index (χ4v) is 6.24. The molecule has 1 aliphatic heterocycles. The smallest absolute Gasteiger partial charge is 0.242 e. The van der Waals surface area contributed by atoms with Gasteiger partial charge in [0, 0.05) is 39.1 Å². The number of fused-ring (bicyclic) bond motifs is 2. The van der Waals surface area contributed by atoms with Crippen LogP contribution in [0.3, 0.4) is 0 Å². The maximum absolute atomic E-state index is 14.1. The van der Waals surface area contributed by atoms with Crippen LogP contribution in [0.1, 0.15) is 30.4 Å². The molecule has 1 saturated heterocycles. The maximum atomic E-state index is 14.1. The predicted molar refractivity (Wildman–Crippen MR) is 183 cm³/mol. The van der Waals surface area contributed by atoms with Crippen molar-refractivity contribution in [2.75, 3.05) is 26.7 Å². The molecular weight excluding hydrogens is 578 g/mol. The number of hydrogen-bond donors (Lipinski definition) is 5. The van der Waals surface area contributed by atoms with Crippen molar-refractivity contribution in [1.29, 1.82) is 0 Å². The summed E-state index contributed by atoms with van der Waals surface area (Å²) in [5, 5.41) is 13.7. The first-order chi connectivity index (χ1) is 22.3. The maximum Gasteiger partial charge on any atom is 0.242 e. The summed E-state index contributed by atoms with van der Waals surface area (Å²) in [7, 11) is 1.59. The number of carbonyl (C=O) groups excluding carboxylic acids is 3. The number of likely N-dealkylation sites (N-methyl/N-ethyl adjacent to an activating group) is 1. The molecular formula is C36H43N7O3. The van der Waals surface area contributed by atoms with Gasteiger partial charge >= 0.3 is 0 Å². The molecule has 0 spiro atoms. The van der Waals surface area contributed by atoms with E-state index in [0.717, 1.165) is 32.7 Å². The van der Waals surface area contributed by atoms with Crippen LogP contribution in [0.25, 0.3) is 21.5 Å². The van der Waals surface area contributed by atoms with E-state index in [1.54, 1.807) is 11.9 Å². The Morgan fingerprint density at radius 2 is 1.72 bits per heavy atom. The lowest BCUT2D eigenvalue weighted by Crippen LogP contribution is -2.54. The minimum atomic E-state index is -0.694. The first-order valence-electron chi connectivity index (χ1n) is 15.9. The van der Waals surface area contributed by atoms with E-state index >= 15 is 0 Å². The van der Waals surface area contributed by atoms with Gasteiger partial charge in [-0.15, -0.1) is 0 Å². The molecule has 0 unspecified atom stereocenters. The average molecular weight is 622 g/mol. The zero-order valence-corrected chi connectivity index (χ0v) is 26.2. The molecule has 46 heavy (non-hydrogen) atoms.